The fraction of sp³-hybridized carbons (Fsp3) is 0.304. The molecule has 0 bridgehead atoms. The highest BCUT2D eigenvalue weighted by atomic mass is 16.5. The van der Waals surface area contributed by atoms with Gasteiger partial charge in [0.1, 0.15) is 5.69 Å². The molecule has 3 rings (SSSR count). The summed E-state index contributed by atoms with van der Waals surface area (Å²) in [6.07, 6.45) is 8.57. The second-order valence-corrected chi connectivity index (χ2v) is 6.95. The lowest BCUT2D eigenvalue weighted by molar-refractivity contribution is -0.117. The van der Waals surface area contributed by atoms with E-state index in [0.29, 0.717) is 49.8 Å². The number of rotatable bonds is 11. The Morgan fingerprint density at radius 3 is 2.91 bits per heavy atom. The lowest BCUT2D eigenvalue weighted by Gasteiger charge is -2.13. The first kappa shape index (κ1) is 23.0. The highest BCUT2D eigenvalue weighted by Gasteiger charge is 2.12. The van der Waals surface area contributed by atoms with Gasteiger partial charge in [-0.15, -0.1) is 0 Å². The molecule has 166 valence electrons. The van der Waals surface area contributed by atoms with Crippen molar-refractivity contribution in [2.75, 3.05) is 25.1 Å². The minimum Gasteiger partial charge on any atom is -0.380 e. The molecule has 0 saturated carbocycles. The van der Waals surface area contributed by atoms with Crippen molar-refractivity contribution in [3.05, 3.63) is 54.0 Å². The number of aliphatic imine (C=N–C) groups is 2. The fourth-order valence-corrected chi connectivity index (χ4v) is 2.87. The van der Waals surface area contributed by atoms with Crippen molar-refractivity contribution in [1.82, 2.24) is 15.3 Å². The number of anilines is 1. The van der Waals surface area contributed by atoms with Gasteiger partial charge in [-0.05, 0) is 30.2 Å². The average molecular weight is 435 g/mol. The van der Waals surface area contributed by atoms with Crippen LogP contribution in [-0.4, -0.2) is 54.0 Å². The van der Waals surface area contributed by atoms with Crippen LogP contribution in [0.2, 0.25) is 0 Å². The molecule has 2 aromatic heterocycles. The maximum Gasteiger partial charge on any atom is 0.249 e. The summed E-state index contributed by atoms with van der Waals surface area (Å²) >= 11 is 0. The number of amidine groups is 1. The zero-order chi connectivity index (χ0) is 22.6. The van der Waals surface area contributed by atoms with Crippen LogP contribution in [0, 0.1) is 0 Å². The summed E-state index contributed by atoms with van der Waals surface area (Å²) in [5.74, 6) is 0.505. The molecule has 3 heterocycles. The molecule has 2 aromatic rings. The average Bonchev–Trinajstić information content (AvgIpc) is 2.83. The molecule has 9 nitrogen and oxygen atoms in total. The van der Waals surface area contributed by atoms with Gasteiger partial charge in [-0.1, -0.05) is 19.1 Å². The van der Waals surface area contributed by atoms with Gasteiger partial charge in [0.25, 0.3) is 0 Å². The van der Waals surface area contributed by atoms with Gasteiger partial charge < -0.3 is 15.4 Å². The normalized spacial score (nSPS) is 13.6. The van der Waals surface area contributed by atoms with E-state index in [4.69, 9.17) is 4.74 Å². The third-order valence-corrected chi connectivity index (χ3v) is 4.45. The van der Waals surface area contributed by atoms with Crippen LogP contribution in [0.15, 0.2) is 52.7 Å². The molecule has 0 aromatic carbocycles. The molecule has 32 heavy (non-hydrogen) atoms. The highest BCUT2D eigenvalue weighted by molar-refractivity contribution is 6.27. The Morgan fingerprint density at radius 2 is 2.19 bits per heavy atom. The molecular formula is C23H26N6O3. The predicted molar refractivity (Wildman–Crippen MR) is 124 cm³/mol. The van der Waals surface area contributed by atoms with Gasteiger partial charge in [0.15, 0.2) is 17.9 Å². The number of carbonyl (C=O) groups is 2. The smallest absolute Gasteiger partial charge is 0.249 e. The summed E-state index contributed by atoms with van der Waals surface area (Å²) in [6, 6.07) is 7.30. The Labute approximate surface area is 186 Å². The first-order chi connectivity index (χ1) is 15.7. The SMILES string of the molecule is CCCOCCNc1nc(C2=CCC(=O)N=C2)ccc1/N=C(\C=O)NCc1cccnc1. The van der Waals surface area contributed by atoms with E-state index in [0.717, 1.165) is 17.6 Å². The number of hydrogen-bond acceptors (Lipinski definition) is 7. The predicted octanol–water partition coefficient (Wildman–Crippen LogP) is 2.72. The van der Waals surface area contributed by atoms with Crippen molar-refractivity contribution in [2.24, 2.45) is 9.98 Å². The van der Waals surface area contributed by atoms with Crippen molar-refractivity contribution < 1.29 is 14.3 Å². The summed E-state index contributed by atoms with van der Waals surface area (Å²) in [5, 5.41) is 6.25. The summed E-state index contributed by atoms with van der Waals surface area (Å²) in [4.78, 5) is 40.0. The third-order valence-electron chi connectivity index (χ3n) is 4.45. The molecule has 0 atom stereocenters. The Hall–Kier alpha value is -3.72. The number of amides is 1. The summed E-state index contributed by atoms with van der Waals surface area (Å²) in [6.45, 7) is 4.20. The Balaban J connectivity index is 1.79. The van der Waals surface area contributed by atoms with Crippen molar-refractivity contribution in [1.29, 1.82) is 0 Å². The molecule has 0 radical (unpaired) electrons. The lowest BCUT2D eigenvalue weighted by atomic mass is 10.1. The van der Waals surface area contributed by atoms with E-state index in [1.165, 1.54) is 6.21 Å². The van der Waals surface area contributed by atoms with E-state index in [1.807, 2.05) is 12.1 Å². The molecule has 0 unspecified atom stereocenters. The number of nitrogens with zero attached hydrogens (tertiary/aromatic N) is 4. The van der Waals surface area contributed by atoms with Crippen molar-refractivity contribution in [2.45, 2.75) is 26.3 Å². The molecule has 1 aliphatic rings. The maximum atomic E-state index is 11.6. The van der Waals surface area contributed by atoms with Crippen LogP contribution in [0.1, 0.15) is 31.0 Å². The molecule has 1 aliphatic heterocycles. The Bertz CT molecular complexity index is 1020. The summed E-state index contributed by atoms with van der Waals surface area (Å²) < 4.78 is 5.52. The lowest BCUT2D eigenvalue weighted by Crippen LogP contribution is -2.24. The largest absolute Gasteiger partial charge is 0.380 e. The van der Waals surface area contributed by atoms with E-state index in [1.54, 1.807) is 30.6 Å². The van der Waals surface area contributed by atoms with Crippen LogP contribution in [0.25, 0.3) is 5.57 Å². The second-order valence-electron chi connectivity index (χ2n) is 6.95. The van der Waals surface area contributed by atoms with Crippen LogP contribution >= 0.6 is 0 Å². The number of nitrogens with one attached hydrogen (secondary N) is 2. The van der Waals surface area contributed by atoms with E-state index in [-0.39, 0.29) is 18.2 Å². The van der Waals surface area contributed by atoms with Gasteiger partial charge in [-0.25, -0.2) is 15.0 Å². The van der Waals surface area contributed by atoms with Crippen LogP contribution < -0.4 is 10.6 Å². The number of dihydropyridines is 1. The number of allylic oxidation sites excluding steroid dienone is 1. The standard InChI is InChI=1S/C23H26N6O3/c1-2-11-32-12-10-25-23-20(7-6-19(29-23)18-5-8-22(31)27-15-18)28-21(16-30)26-14-17-4-3-9-24-13-17/h3-7,9,13,15-16H,2,8,10-12,14H2,1H3,(H,25,29)(H,26,28). The number of hydrogen-bond donors (Lipinski definition) is 2. The minimum absolute atomic E-state index is 0.178. The fourth-order valence-electron chi connectivity index (χ4n) is 2.87. The summed E-state index contributed by atoms with van der Waals surface area (Å²) in [5.41, 5.74) is 2.86. The number of aldehydes is 1. The topological polar surface area (TPSA) is 118 Å². The third kappa shape index (κ3) is 6.92. The molecule has 9 heteroatoms. The van der Waals surface area contributed by atoms with Crippen molar-refractivity contribution in [3.63, 3.8) is 0 Å². The van der Waals surface area contributed by atoms with Crippen LogP contribution in [-0.2, 0) is 20.9 Å². The molecule has 0 fully saturated rings. The van der Waals surface area contributed by atoms with Gasteiger partial charge in [-0.2, -0.15) is 0 Å². The number of aromatic nitrogens is 2. The highest BCUT2D eigenvalue weighted by Crippen LogP contribution is 2.26. The van der Waals surface area contributed by atoms with Gasteiger partial charge in [0, 0.05) is 50.3 Å². The van der Waals surface area contributed by atoms with E-state index in [9.17, 15) is 9.59 Å². The van der Waals surface area contributed by atoms with Crippen LogP contribution in [0.5, 0.6) is 0 Å². The molecule has 1 amide bonds. The molecule has 0 spiro atoms. The first-order valence-electron chi connectivity index (χ1n) is 10.5. The molecule has 2 N–H and O–H groups in total. The molecular weight excluding hydrogens is 408 g/mol. The number of pyridine rings is 2. The van der Waals surface area contributed by atoms with Gasteiger partial charge in [0.2, 0.25) is 5.91 Å². The maximum absolute atomic E-state index is 11.6. The number of carbonyl (C=O) groups excluding carboxylic acids is 2. The van der Waals surface area contributed by atoms with E-state index >= 15 is 0 Å². The molecule has 0 saturated heterocycles. The Kier molecular flexibility index (Phi) is 8.76. The minimum atomic E-state index is -0.184. The monoisotopic (exact) mass is 434 g/mol. The van der Waals surface area contributed by atoms with Crippen molar-refractivity contribution >= 4 is 41.3 Å². The van der Waals surface area contributed by atoms with Crippen LogP contribution in [0.4, 0.5) is 11.5 Å². The first-order valence-corrected chi connectivity index (χ1v) is 10.5. The van der Waals surface area contributed by atoms with Gasteiger partial charge >= 0.3 is 0 Å². The number of ether oxygens (including phenoxy) is 1. The van der Waals surface area contributed by atoms with Crippen molar-refractivity contribution in [3.8, 4) is 0 Å². The van der Waals surface area contributed by atoms with E-state index in [2.05, 4.69) is 37.5 Å². The van der Waals surface area contributed by atoms with Gasteiger partial charge in [0.05, 0.1) is 12.3 Å². The van der Waals surface area contributed by atoms with E-state index < -0.39 is 0 Å². The zero-order valence-corrected chi connectivity index (χ0v) is 18.0. The Morgan fingerprint density at radius 1 is 1.28 bits per heavy atom. The van der Waals surface area contributed by atoms with Gasteiger partial charge in [-0.3, -0.25) is 14.6 Å². The summed E-state index contributed by atoms with van der Waals surface area (Å²) in [7, 11) is 0. The molecule has 0 aliphatic carbocycles. The quantitative estimate of drug-likeness (QED) is 0.242. The van der Waals surface area contributed by atoms with Crippen LogP contribution in [0.3, 0.4) is 0 Å². The second kappa shape index (κ2) is 12.2. The zero-order valence-electron chi connectivity index (χ0n) is 18.0.